The Balaban J connectivity index is 1.83. The van der Waals surface area contributed by atoms with Gasteiger partial charge in [0.1, 0.15) is 6.04 Å². The number of primary amides is 1. The first kappa shape index (κ1) is 17.4. The van der Waals surface area contributed by atoms with Crippen LogP contribution < -0.4 is 11.1 Å². The van der Waals surface area contributed by atoms with Crippen molar-refractivity contribution in [1.29, 1.82) is 0 Å². The molecule has 0 aliphatic carbocycles. The summed E-state index contributed by atoms with van der Waals surface area (Å²) in [4.78, 5) is 28.0. The van der Waals surface area contributed by atoms with Gasteiger partial charge in [-0.3, -0.25) is 9.59 Å². The van der Waals surface area contributed by atoms with E-state index in [2.05, 4.69) is 10.3 Å². The van der Waals surface area contributed by atoms with E-state index >= 15 is 0 Å². The molecule has 0 fully saturated rings. The Morgan fingerprint density at radius 2 is 2.09 bits per heavy atom. The van der Waals surface area contributed by atoms with E-state index in [1.54, 1.807) is 11.3 Å². The molecule has 2 amide bonds. The number of benzene rings is 1. The second kappa shape index (κ2) is 8.06. The number of hydrogen-bond donors (Lipinski definition) is 2. The Morgan fingerprint density at radius 3 is 2.74 bits per heavy atom. The predicted molar refractivity (Wildman–Crippen MR) is 93.1 cm³/mol. The fourth-order valence-corrected chi connectivity index (χ4v) is 3.41. The molecule has 0 saturated carbocycles. The van der Waals surface area contributed by atoms with Crippen molar-refractivity contribution in [3.8, 4) is 0 Å². The minimum absolute atomic E-state index is 0.0423. The molecule has 2 atom stereocenters. The average Bonchev–Trinajstić information content (AvgIpc) is 2.94. The molecule has 6 heteroatoms. The van der Waals surface area contributed by atoms with E-state index in [0.717, 1.165) is 28.1 Å². The Bertz CT molecular complexity index is 650. The third kappa shape index (κ3) is 4.76. The number of nitrogens with one attached hydrogen (secondary N) is 1. The molecule has 0 aliphatic heterocycles. The van der Waals surface area contributed by atoms with E-state index < -0.39 is 11.9 Å². The lowest BCUT2D eigenvalue weighted by Crippen LogP contribution is -2.48. The van der Waals surface area contributed by atoms with Gasteiger partial charge in [0.25, 0.3) is 0 Å². The van der Waals surface area contributed by atoms with Crippen molar-refractivity contribution in [2.24, 2.45) is 11.7 Å². The van der Waals surface area contributed by atoms with Gasteiger partial charge in [0, 0.05) is 6.42 Å². The number of thiazole rings is 1. The number of nitrogens with two attached hydrogens (primary N) is 1. The highest BCUT2D eigenvalue weighted by molar-refractivity contribution is 7.18. The summed E-state index contributed by atoms with van der Waals surface area (Å²) < 4.78 is 1.16. The van der Waals surface area contributed by atoms with E-state index in [1.807, 2.05) is 38.1 Å². The number of fused-ring (bicyclic) bond motifs is 1. The molecule has 3 N–H and O–H groups in total. The molecule has 0 aliphatic rings. The first-order valence-electron chi connectivity index (χ1n) is 7.94. The highest BCUT2D eigenvalue weighted by atomic mass is 32.1. The maximum absolute atomic E-state index is 12.0. The minimum Gasteiger partial charge on any atom is -0.368 e. The Morgan fingerprint density at radius 1 is 1.35 bits per heavy atom. The molecular weight excluding hydrogens is 310 g/mol. The first-order valence-corrected chi connectivity index (χ1v) is 8.76. The van der Waals surface area contributed by atoms with Crippen LogP contribution in [0, 0.1) is 5.92 Å². The number of hydrogen-bond acceptors (Lipinski definition) is 4. The third-order valence-electron chi connectivity index (χ3n) is 3.97. The number of para-hydroxylation sites is 1. The van der Waals surface area contributed by atoms with Crippen LogP contribution in [-0.4, -0.2) is 22.8 Å². The van der Waals surface area contributed by atoms with Gasteiger partial charge < -0.3 is 11.1 Å². The number of amides is 2. The number of carbonyl (C=O) groups is 2. The largest absolute Gasteiger partial charge is 0.368 e. The van der Waals surface area contributed by atoms with Crippen LogP contribution in [0.4, 0.5) is 0 Å². The van der Waals surface area contributed by atoms with Gasteiger partial charge in [-0.2, -0.15) is 0 Å². The van der Waals surface area contributed by atoms with Gasteiger partial charge in [-0.15, -0.1) is 11.3 Å². The van der Waals surface area contributed by atoms with Gasteiger partial charge in [-0.25, -0.2) is 4.98 Å². The molecule has 0 radical (unpaired) electrons. The summed E-state index contributed by atoms with van der Waals surface area (Å²) in [5.74, 6) is -0.560. The summed E-state index contributed by atoms with van der Waals surface area (Å²) >= 11 is 1.66. The zero-order valence-corrected chi connectivity index (χ0v) is 14.4. The van der Waals surface area contributed by atoms with Gasteiger partial charge >= 0.3 is 0 Å². The predicted octanol–water partition coefficient (Wildman–Crippen LogP) is 2.64. The molecule has 1 heterocycles. The number of aryl methyl sites for hydroxylation is 1. The molecule has 1 aromatic carbocycles. The molecule has 1 aromatic heterocycles. The SMILES string of the molecule is CCC(C)C(NC(=O)CCCc1nc2ccccc2s1)C(N)=O. The summed E-state index contributed by atoms with van der Waals surface area (Å²) in [6.07, 6.45) is 2.63. The zero-order chi connectivity index (χ0) is 16.8. The maximum atomic E-state index is 12.0. The van der Waals surface area contributed by atoms with Crippen molar-refractivity contribution < 1.29 is 9.59 Å². The molecule has 0 bridgehead atoms. The monoisotopic (exact) mass is 333 g/mol. The normalized spacial score (nSPS) is 13.7. The van der Waals surface area contributed by atoms with E-state index in [-0.39, 0.29) is 11.8 Å². The number of aromatic nitrogens is 1. The standard InChI is InChI=1S/C17H23N3O2S/c1-3-11(2)16(17(18)22)20-14(21)9-6-10-15-19-12-7-4-5-8-13(12)23-15/h4-5,7-8,11,16H,3,6,9-10H2,1-2H3,(H2,18,22)(H,20,21). The van der Waals surface area contributed by atoms with Crippen LogP contribution in [0.2, 0.25) is 0 Å². The van der Waals surface area contributed by atoms with E-state index in [4.69, 9.17) is 5.73 Å². The van der Waals surface area contributed by atoms with Crippen LogP contribution in [-0.2, 0) is 16.0 Å². The fourth-order valence-electron chi connectivity index (χ4n) is 2.40. The van der Waals surface area contributed by atoms with E-state index in [0.29, 0.717) is 12.8 Å². The zero-order valence-electron chi connectivity index (χ0n) is 13.5. The van der Waals surface area contributed by atoms with Gasteiger partial charge in [-0.1, -0.05) is 32.4 Å². The van der Waals surface area contributed by atoms with Crippen molar-refractivity contribution >= 4 is 33.4 Å². The lowest BCUT2D eigenvalue weighted by atomic mass is 9.98. The maximum Gasteiger partial charge on any atom is 0.240 e. The number of carbonyl (C=O) groups excluding carboxylic acids is 2. The summed E-state index contributed by atoms with van der Waals surface area (Å²) in [7, 11) is 0. The lowest BCUT2D eigenvalue weighted by molar-refractivity contribution is -0.128. The molecule has 5 nitrogen and oxygen atoms in total. The van der Waals surface area contributed by atoms with Crippen LogP contribution in [0.1, 0.15) is 38.1 Å². The van der Waals surface area contributed by atoms with Crippen LogP contribution in [0.3, 0.4) is 0 Å². The molecule has 2 unspecified atom stereocenters. The summed E-state index contributed by atoms with van der Waals surface area (Å²) in [6, 6.07) is 7.42. The Kier molecular flexibility index (Phi) is 6.10. The van der Waals surface area contributed by atoms with Crippen molar-refractivity contribution in [3.05, 3.63) is 29.3 Å². The molecule has 2 aromatic rings. The highest BCUT2D eigenvalue weighted by Gasteiger charge is 2.23. The number of nitrogens with zero attached hydrogens (tertiary/aromatic N) is 1. The Labute approximate surface area is 140 Å². The summed E-state index contributed by atoms with van der Waals surface area (Å²) in [6.45, 7) is 3.89. The summed E-state index contributed by atoms with van der Waals surface area (Å²) in [5, 5.41) is 3.78. The van der Waals surface area contributed by atoms with Crippen molar-refractivity contribution in [1.82, 2.24) is 10.3 Å². The Hall–Kier alpha value is -1.95. The lowest BCUT2D eigenvalue weighted by Gasteiger charge is -2.21. The second-order valence-electron chi connectivity index (χ2n) is 5.76. The van der Waals surface area contributed by atoms with Crippen LogP contribution >= 0.6 is 11.3 Å². The van der Waals surface area contributed by atoms with Crippen LogP contribution in [0.5, 0.6) is 0 Å². The quantitative estimate of drug-likeness (QED) is 0.779. The van der Waals surface area contributed by atoms with Gasteiger partial charge in [0.05, 0.1) is 15.2 Å². The third-order valence-corrected chi connectivity index (χ3v) is 5.06. The smallest absolute Gasteiger partial charge is 0.240 e. The highest BCUT2D eigenvalue weighted by Crippen LogP contribution is 2.22. The molecule has 2 rings (SSSR count). The van der Waals surface area contributed by atoms with Crippen molar-refractivity contribution in [2.75, 3.05) is 0 Å². The minimum atomic E-state index is -0.588. The van der Waals surface area contributed by atoms with Gasteiger partial charge in [-0.05, 0) is 30.9 Å². The summed E-state index contributed by atoms with van der Waals surface area (Å²) in [5.41, 5.74) is 6.36. The van der Waals surface area contributed by atoms with E-state index in [9.17, 15) is 9.59 Å². The first-order chi connectivity index (χ1) is 11.0. The van der Waals surface area contributed by atoms with Crippen molar-refractivity contribution in [2.45, 2.75) is 45.6 Å². The molecule has 124 valence electrons. The van der Waals surface area contributed by atoms with Gasteiger partial charge in [0.2, 0.25) is 11.8 Å². The second-order valence-corrected chi connectivity index (χ2v) is 6.88. The van der Waals surface area contributed by atoms with E-state index in [1.165, 1.54) is 0 Å². The van der Waals surface area contributed by atoms with Crippen LogP contribution in [0.15, 0.2) is 24.3 Å². The molecule has 0 spiro atoms. The molecule has 0 saturated heterocycles. The fraction of sp³-hybridized carbons (Fsp3) is 0.471. The number of rotatable bonds is 8. The van der Waals surface area contributed by atoms with Crippen LogP contribution in [0.25, 0.3) is 10.2 Å². The topological polar surface area (TPSA) is 85.1 Å². The van der Waals surface area contributed by atoms with Gasteiger partial charge in [0.15, 0.2) is 0 Å². The average molecular weight is 333 g/mol. The van der Waals surface area contributed by atoms with Crippen molar-refractivity contribution in [3.63, 3.8) is 0 Å². The molecule has 23 heavy (non-hydrogen) atoms. The molecular formula is C17H23N3O2S.